The Balaban J connectivity index is 2.19. The first-order valence-corrected chi connectivity index (χ1v) is 7.28. The van der Waals surface area contributed by atoms with E-state index in [-0.39, 0.29) is 11.6 Å². The highest BCUT2D eigenvalue weighted by Crippen LogP contribution is 2.38. The van der Waals surface area contributed by atoms with E-state index in [1.807, 2.05) is 0 Å². The number of aromatic nitrogens is 2. The van der Waals surface area contributed by atoms with E-state index in [0.29, 0.717) is 17.6 Å². The molecule has 1 aromatic rings. The Kier molecular flexibility index (Phi) is 4.58. The number of ether oxygens (including phenoxy) is 1. The maximum absolute atomic E-state index is 6.14. The predicted octanol–water partition coefficient (Wildman–Crippen LogP) is 2.92. The molecule has 1 aromatic heterocycles. The molecule has 0 radical (unpaired) electrons. The van der Waals surface area contributed by atoms with Gasteiger partial charge in [0.15, 0.2) is 0 Å². The molecule has 0 aromatic carbocycles. The minimum atomic E-state index is -0.366. The number of nitrogens with two attached hydrogens (primary N) is 1. The van der Waals surface area contributed by atoms with Gasteiger partial charge in [-0.15, -0.1) is 0 Å². The summed E-state index contributed by atoms with van der Waals surface area (Å²) in [5, 5.41) is 4.13. The minimum absolute atomic E-state index is 0.191. The zero-order valence-electron chi connectivity index (χ0n) is 12.2. The van der Waals surface area contributed by atoms with E-state index >= 15 is 0 Å². The number of hydrogen-bond donors (Lipinski definition) is 1. The van der Waals surface area contributed by atoms with E-state index in [4.69, 9.17) is 15.0 Å². The fourth-order valence-electron chi connectivity index (χ4n) is 2.69. The topological polar surface area (TPSA) is 74.2 Å². The molecule has 1 fully saturated rings. The minimum Gasteiger partial charge on any atom is -0.370 e. The van der Waals surface area contributed by atoms with Gasteiger partial charge in [-0.25, -0.2) is 0 Å². The van der Waals surface area contributed by atoms with Gasteiger partial charge in [-0.1, -0.05) is 44.7 Å². The van der Waals surface area contributed by atoms with Crippen LogP contribution in [0.25, 0.3) is 0 Å². The lowest BCUT2D eigenvalue weighted by atomic mass is 9.84. The molecule has 2 atom stereocenters. The summed E-state index contributed by atoms with van der Waals surface area (Å²) in [5.74, 6) is 1.54. The van der Waals surface area contributed by atoms with Crippen LogP contribution in [-0.4, -0.2) is 17.3 Å². The summed E-state index contributed by atoms with van der Waals surface area (Å²) in [6, 6.07) is -0.191. The van der Waals surface area contributed by atoms with Gasteiger partial charge in [0, 0.05) is 7.11 Å². The Morgan fingerprint density at radius 2 is 2.05 bits per heavy atom. The number of hydrogen-bond acceptors (Lipinski definition) is 5. The third-order valence-corrected chi connectivity index (χ3v) is 4.44. The number of rotatable bonds is 5. The summed E-state index contributed by atoms with van der Waals surface area (Å²) >= 11 is 0. The second-order valence-corrected chi connectivity index (χ2v) is 5.63. The smallest absolute Gasteiger partial charge is 0.243 e. The van der Waals surface area contributed by atoms with Crippen molar-refractivity contribution in [2.45, 2.75) is 64.0 Å². The van der Waals surface area contributed by atoms with Crippen LogP contribution >= 0.6 is 0 Å². The Morgan fingerprint density at radius 1 is 1.37 bits per heavy atom. The van der Waals surface area contributed by atoms with E-state index in [0.717, 1.165) is 32.1 Å². The standard InChI is InChI=1S/C14H25N3O2/c1-4-10(2)11(15)12-16-13(17-19-12)14(18-3)8-6-5-7-9-14/h10-11H,4-9,15H2,1-3H3. The third kappa shape index (κ3) is 2.82. The van der Waals surface area contributed by atoms with Crippen molar-refractivity contribution < 1.29 is 9.26 Å². The summed E-state index contributed by atoms with van der Waals surface area (Å²) in [4.78, 5) is 4.52. The van der Waals surface area contributed by atoms with Crippen LogP contribution in [0.2, 0.25) is 0 Å². The highest BCUT2D eigenvalue weighted by molar-refractivity contribution is 5.05. The molecule has 0 aliphatic heterocycles. The van der Waals surface area contributed by atoms with Crippen LogP contribution < -0.4 is 5.73 Å². The van der Waals surface area contributed by atoms with Gasteiger partial charge in [0.2, 0.25) is 11.7 Å². The van der Waals surface area contributed by atoms with Gasteiger partial charge in [-0.2, -0.15) is 4.98 Å². The summed E-state index contributed by atoms with van der Waals surface area (Å²) in [5.41, 5.74) is 5.77. The van der Waals surface area contributed by atoms with Gasteiger partial charge in [0.25, 0.3) is 0 Å². The average Bonchev–Trinajstić information content (AvgIpc) is 2.96. The van der Waals surface area contributed by atoms with Crippen molar-refractivity contribution in [1.29, 1.82) is 0 Å². The molecule has 5 heteroatoms. The second kappa shape index (κ2) is 6.01. The lowest BCUT2D eigenvalue weighted by Crippen LogP contribution is -2.32. The molecule has 0 spiro atoms. The van der Waals surface area contributed by atoms with Crippen molar-refractivity contribution in [3.63, 3.8) is 0 Å². The molecule has 0 saturated heterocycles. The zero-order valence-corrected chi connectivity index (χ0v) is 12.2. The molecule has 1 saturated carbocycles. The highest BCUT2D eigenvalue weighted by atomic mass is 16.5. The monoisotopic (exact) mass is 267 g/mol. The molecule has 1 aliphatic carbocycles. The van der Waals surface area contributed by atoms with Crippen LogP contribution in [0.1, 0.15) is 70.1 Å². The number of methoxy groups -OCH3 is 1. The van der Waals surface area contributed by atoms with E-state index in [1.54, 1.807) is 7.11 Å². The Morgan fingerprint density at radius 3 is 2.63 bits per heavy atom. The number of nitrogens with zero attached hydrogens (tertiary/aromatic N) is 2. The van der Waals surface area contributed by atoms with E-state index in [1.165, 1.54) is 6.42 Å². The van der Waals surface area contributed by atoms with E-state index in [9.17, 15) is 0 Å². The van der Waals surface area contributed by atoms with E-state index < -0.39 is 0 Å². The fraction of sp³-hybridized carbons (Fsp3) is 0.857. The maximum atomic E-state index is 6.14. The van der Waals surface area contributed by atoms with Gasteiger partial charge in [-0.05, 0) is 18.8 Å². The second-order valence-electron chi connectivity index (χ2n) is 5.63. The van der Waals surface area contributed by atoms with Crippen LogP contribution in [0.4, 0.5) is 0 Å². The fourth-order valence-corrected chi connectivity index (χ4v) is 2.69. The summed E-state index contributed by atoms with van der Waals surface area (Å²) < 4.78 is 11.1. The lowest BCUT2D eigenvalue weighted by Gasteiger charge is -2.32. The molecular weight excluding hydrogens is 242 g/mol. The average molecular weight is 267 g/mol. The molecule has 2 rings (SSSR count). The summed E-state index contributed by atoms with van der Waals surface area (Å²) in [7, 11) is 1.73. The Labute approximate surface area is 114 Å². The Hall–Kier alpha value is -0.940. The summed E-state index contributed by atoms with van der Waals surface area (Å²) in [6.07, 6.45) is 6.46. The maximum Gasteiger partial charge on any atom is 0.243 e. The van der Waals surface area contributed by atoms with Gasteiger partial charge in [0.05, 0.1) is 6.04 Å². The first-order chi connectivity index (χ1) is 9.13. The SMILES string of the molecule is CCC(C)C(N)c1nc(C2(OC)CCCCC2)no1. The molecule has 1 aliphatic rings. The summed E-state index contributed by atoms with van der Waals surface area (Å²) in [6.45, 7) is 4.21. The molecule has 19 heavy (non-hydrogen) atoms. The normalized spacial score (nSPS) is 22.1. The lowest BCUT2D eigenvalue weighted by molar-refractivity contribution is -0.0527. The molecule has 2 N–H and O–H groups in total. The molecular formula is C14H25N3O2. The third-order valence-electron chi connectivity index (χ3n) is 4.44. The molecule has 1 heterocycles. The van der Waals surface area contributed by atoms with Crippen molar-refractivity contribution in [3.05, 3.63) is 11.7 Å². The van der Waals surface area contributed by atoms with Crippen LogP contribution in [-0.2, 0) is 10.3 Å². The van der Waals surface area contributed by atoms with Crippen molar-refractivity contribution in [3.8, 4) is 0 Å². The van der Waals surface area contributed by atoms with Crippen LogP contribution in [0, 0.1) is 5.92 Å². The molecule has 2 unspecified atom stereocenters. The molecule has 0 amide bonds. The Bertz CT molecular complexity index is 399. The van der Waals surface area contributed by atoms with Gasteiger partial charge >= 0.3 is 0 Å². The van der Waals surface area contributed by atoms with Crippen molar-refractivity contribution >= 4 is 0 Å². The first kappa shape index (κ1) is 14.5. The van der Waals surface area contributed by atoms with Crippen molar-refractivity contribution in [1.82, 2.24) is 10.1 Å². The first-order valence-electron chi connectivity index (χ1n) is 7.28. The molecule has 5 nitrogen and oxygen atoms in total. The predicted molar refractivity (Wildman–Crippen MR) is 72.5 cm³/mol. The van der Waals surface area contributed by atoms with E-state index in [2.05, 4.69) is 24.0 Å². The van der Waals surface area contributed by atoms with Gasteiger partial charge < -0.3 is 15.0 Å². The van der Waals surface area contributed by atoms with Crippen molar-refractivity contribution in [2.75, 3.05) is 7.11 Å². The van der Waals surface area contributed by atoms with Crippen LogP contribution in [0.3, 0.4) is 0 Å². The van der Waals surface area contributed by atoms with Crippen LogP contribution in [0.5, 0.6) is 0 Å². The molecule has 0 bridgehead atoms. The van der Waals surface area contributed by atoms with Gasteiger partial charge in [0.1, 0.15) is 5.60 Å². The van der Waals surface area contributed by atoms with Crippen molar-refractivity contribution in [2.24, 2.45) is 11.7 Å². The largest absolute Gasteiger partial charge is 0.370 e. The highest BCUT2D eigenvalue weighted by Gasteiger charge is 2.39. The van der Waals surface area contributed by atoms with Gasteiger partial charge in [-0.3, -0.25) is 0 Å². The van der Waals surface area contributed by atoms with Crippen LogP contribution in [0.15, 0.2) is 4.52 Å². The zero-order chi connectivity index (χ0) is 13.9. The molecule has 108 valence electrons. The quantitative estimate of drug-likeness (QED) is 0.887.